The number of rotatable bonds is 5. The van der Waals surface area contributed by atoms with E-state index in [1.54, 1.807) is 6.92 Å². The van der Waals surface area contributed by atoms with Crippen LogP contribution in [0.2, 0.25) is 10.0 Å². The molecule has 1 rings (SSSR count). The first kappa shape index (κ1) is 17.2. The van der Waals surface area contributed by atoms with E-state index in [1.807, 2.05) is 0 Å². The number of aliphatic hydroxyl groups is 1. The topological polar surface area (TPSA) is 95.5 Å². The second kappa shape index (κ2) is 6.73. The maximum absolute atomic E-state index is 11.9. The summed E-state index contributed by atoms with van der Waals surface area (Å²) in [6.45, 7) is 1.34. The zero-order chi connectivity index (χ0) is 15.5. The molecule has 0 heterocycles. The average Bonchev–Trinajstić information content (AvgIpc) is 2.37. The number of hydrogen-bond acceptors (Lipinski definition) is 4. The molecule has 0 aliphatic heterocycles. The van der Waals surface area contributed by atoms with Crippen LogP contribution in [0.5, 0.6) is 0 Å². The third-order valence-electron chi connectivity index (χ3n) is 2.48. The number of benzene rings is 1. The number of hydrogen-bond donors (Lipinski definition) is 3. The Bertz CT molecular complexity index is 619. The molecule has 1 aromatic carbocycles. The fourth-order valence-electron chi connectivity index (χ4n) is 1.37. The first-order chi connectivity index (χ1) is 9.22. The van der Waals surface area contributed by atoms with Crippen molar-refractivity contribution in [3.8, 4) is 0 Å². The molecule has 9 heteroatoms. The molecule has 0 saturated carbocycles. The van der Waals surface area contributed by atoms with Crippen molar-refractivity contribution >= 4 is 39.1 Å². The maximum Gasteiger partial charge on any atom is 0.253 e. The van der Waals surface area contributed by atoms with E-state index in [4.69, 9.17) is 28.3 Å². The lowest BCUT2D eigenvalue weighted by molar-refractivity contribution is 0.0922. The van der Waals surface area contributed by atoms with Crippen molar-refractivity contribution in [1.29, 1.82) is 0 Å². The molecule has 112 valence electrons. The summed E-state index contributed by atoms with van der Waals surface area (Å²) in [4.78, 5) is 11.7. The van der Waals surface area contributed by atoms with Gasteiger partial charge in [-0.2, -0.15) is 0 Å². The van der Waals surface area contributed by atoms with E-state index in [2.05, 4.69) is 10.0 Å². The first-order valence-electron chi connectivity index (χ1n) is 5.57. The van der Waals surface area contributed by atoms with E-state index in [0.29, 0.717) is 0 Å². The van der Waals surface area contributed by atoms with Crippen LogP contribution < -0.4 is 10.0 Å². The van der Waals surface area contributed by atoms with Gasteiger partial charge in [-0.15, -0.1) is 0 Å². The highest BCUT2D eigenvalue weighted by atomic mass is 35.5. The highest BCUT2D eigenvalue weighted by Crippen LogP contribution is 2.28. The zero-order valence-corrected chi connectivity index (χ0v) is 13.1. The van der Waals surface area contributed by atoms with Crippen LogP contribution in [-0.2, 0) is 10.0 Å². The Morgan fingerprint density at radius 3 is 2.45 bits per heavy atom. The second-order valence-corrected chi connectivity index (χ2v) is 6.70. The van der Waals surface area contributed by atoms with Gasteiger partial charge in [-0.3, -0.25) is 4.79 Å². The number of nitrogens with one attached hydrogen (secondary N) is 2. The minimum Gasteiger partial charge on any atom is -0.394 e. The molecule has 1 aromatic rings. The van der Waals surface area contributed by atoms with Gasteiger partial charge in [-0.1, -0.05) is 23.2 Å². The number of carbonyl (C=O) groups excluding carboxylic acids is 1. The van der Waals surface area contributed by atoms with E-state index < -0.39 is 22.0 Å². The minimum atomic E-state index is -3.81. The van der Waals surface area contributed by atoms with Crippen LogP contribution in [0.15, 0.2) is 17.0 Å². The van der Waals surface area contributed by atoms with E-state index in [0.717, 1.165) is 6.07 Å². The van der Waals surface area contributed by atoms with Gasteiger partial charge in [0.25, 0.3) is 5.91 Å². The molecule has 0 bridgehead atoms. The predicted octanol–water partition coefficient (Wildman–Crippen LogP) is 1.01. The standard InChI is InChI=1S/C11H14Cl2N2O4S/c1-6(5-16)15-11(17)7-3-10(20(18,19)14-2)9(13)4-8(7)12/h3-4,6,14,16H,5H2,1-2H3,(H,15,17). The summed E-state index contributed by atoms with van der Waals surface area (Å²) in [6.07, 6.45) is 0. The molecule has 3 N–H and O–H groups in total. The van der Waals surface area contributed by atoms with Crippen molar-refractivity contribution < 1.29 is 18.3 Å². The second-order valence-electron chi connectivity index (χ2n) is 4.03. The highest BCUT2D eigenvalue weighted by Gasteiger charge is 2.21. The smallest absolute Gasteiger partial charge is 0.253 e. The molecule has 0 radical (unpaired) electrons. The van der Waals surface area contributed by atoms with Crippen LogP contribution in [0.3, 0.4) is 0 Å². The lowest BCUT2D eigenvalue weighted by Gasteiger charge is -2.13. The van der Waals surface area contributed by atoms with Crippen molar-refractivity contribution in [2.24, 2.45) is 0 Å². The molecule has 1 unspecified atom stereocenters. The Kier molecular flexibility index (Phi) is 5.79. The average molecular weight is 341 g/mol. The van der Waals surface area contributed by atoms with Crippen molar-refractivity contribution in [1.82, 2.24) is 10.0 Å². The predicted molar refractivity (Wildman–Crippen MR) is 76.7 cm³/mol. The van der Waals surface area contributed by atoms with Gasteiger partial charge in [0.05, 0.1) is 22.2 Å². The summed E-state index contributed by atoms with van der Waals surface area (Å²) in [5.74, 6) is -0.597. The number of sulfonamides is 1. The van der Waals surface area contributed by atoms with Gasteiger partial charge < -0.3 is 10.4 Å². The fourth-order valence-corrected chi connectivity index (χ4v) is 2.95. The Morgan fingerprint density at radius 2 is 1.95 bits per heavy atom. The maximum atomic E-state index is 11.9. The van der Waals surface area contributed by atoms with E-state index in [9.17, 15) is 13.2 Å². The molecule has 0 aliphatic rings. The van der Waals surface area contributed by atoms with E-state index in [1.165, 1.54) is 13.1 Å². The molecule has 0 saturated heterocycles. The molecule has 0 aromatic heterocycles. The number of aliphatic hydroxyl groups excluding tert-OH is 1. The van der Waals surface area contributed by atoms with Gasteiger partial charge in [-0.25, -0.2) is 13.1 Å². The largest absolute Gasteiger partial charge is 0.394 e. The number of amides is 1. The van der Waals surface area contributed by atoms with Gasteiger partial charge in [0, 0.05) is 6.04 Å². The molecular weight excluding hydrogens is 327 g/mol. The third kappa shape index (κ3) is 3.83. The van der Waals surface area contributed by atoms with Crippen molar-refractivity contribution in [3.05, 3.63) is 27.7 Å². The molecule has 0 spiro atoms. The normalized spacial score (nSPS) is 13.1. The summed E-state index contributed by atoms with van der Waals surface area (Å²) in [6, 6.07) is 1.79. The molecule has 1 atom stereocenters. The molecule has 1 amide bonds. The van der Waals surface area contributed by atoms with Crippen LogP contribution in [0, 0.1) is 0 Å². The van der Waals surface area contributed by atoms with Crippen LogP contribution in [0.4, 0.5) is 0 Å². The Labute approximate surface area is 127 Å². The molecule has 0 fully saturated rings. The molecule has 20 heavy (non-hydrogen) atoms. The lowest BCUT2D eigenvalue weighted by atomic mass is 10.2. The van der Waals surface area contributed by atoms with Crippen LogP contribution in [0.25, 0.3) is 0 Å². The van der Waals surface area contributed by atoms with Crippen molar-refractivity contribution in [2.75, 3.05) is 13.7 Å². The third-order valence-corrected chi connectivity index (χ3v) is 4.67. The Balaban J connectivity index is 3.29. The lowest BCUT2D eigenvalue weighted by Crippen LogP contribution is -2.35. The number of halogens is 2. The zero-order valence-electron chi connectivity index (χ0n) is 10.8. The first-order valence-corrected chi connectivity index (χ1v) is 7.81. The summed E-state index contributed by atoms with van der Waals surface area (Å²) in [7, 11) is -2.58. The van der Waals surface area contributed by atoms with Crippen LogP contribution in [0.1, 0.15) is 17.3 Å². The highest BCUT2D eigenvalue weighted by molar-refractivity contribution is 7.89. The van der Waals surface area contributed by atoms with Crippen LogP contribution in [-0.4, -0.2) is 39.1 Å². The van der Waals surface area contributed by atoms with Crippen molar-refractivity contribution in [3.63, 3.8) is 0 Å². The Hall–Kier alpha value is -0.860. The van der Waals surface area contributed by atoms with Gasteiger partial charge in [0.2, 0.25) is 10.0 Å². The fraction of sp³-hybridized carbons (Fsp3) is 0.364. The SMILES string of the molecule is CNS(=O)(=O)c1cc(C(=O)NC(C)CO)c(Cl)cc1Cl. The summed E-state index contributed by atoms with van der Waals surface area (Å²) in [5, 5.41) is 11.3. The molecule has 6 nitrogen and oxygen atoms in total. The molecule has 0 aliphatic carbocycles. The van der Waals surface area contributed by atoms with Crippen LogP contribution >= 0.6 is 23.2 Å². The molecular formula is C11H14Cl2N2O4S. The Morgan fingerprint density at radius 1 is 1.35 bits per heavy atom. The van der Waals surface area contributed by atoms with E-state index >= 15 is 0 Å². The number of carbonyl (C=O) groups is 1. The summed E-state index contributed by atoms with van der Waals surface area (Å²) < 4.78 is 25.7. The summed E-state index contributed by atoms with van der Waals surface area (Å²) >= 11 is 11.7. The van der Waals surface area contributed by atoms with Gasteiger partial charge in [0.1, 0.15) is 4.90 Å². The monoisotopic (exact) mass is 340 g/mol. The van der Waals surface area contributed by atoms with Crippen molar-refractivity contribution in [2.45, 2.75) is 17.9 Å². The quantitative estimate of drug-likeness (QED) is 0.745. The minimum absolute atomic E-state index is 0.0210. The van der Waals surface area contributed by atoms with Gasteiger partial charge in [0.15, 0.2) is 0 Å². The van der Waals surface area contributed by atoms with E-state index in [-0.39, 0.29) is 27.1 Å². The summed E-state index contributed by atoms with van der Waals surface area (Å²) in [5.41, 5.74) is -0.0369. The van der Waals surface area contributed by atoms with Gasteiger partial charge >= 0.3 is 0 Å². The van der Waals surface area contributed by atoms with Gasteiger partial charge in [-0.05, 0) is 26.1 Å².